The topological polar surface area (TPSA) is 46.8 Å². The van der Waals surface area contributed by atoms with Gasteiger partial charge in [0.15, 0.2) is 5.82 Å². The third-order valence-electron chi connectivity index (χ3n) is 2.86. The van der Waals surface area contributed by atoms with E-state index < -0.39 is 0 Å². The summed E-state index contributed by atoms with van der Waals surface area (Å²) in [6, 6.07) is 2.28. The Balaban J connectivity index is 2.47. The van der Waals surface area contributed by atoms with Gasteiger partial charge in [-0.2, -0.15) is 5.10 Å². The molecular formula is C12H17N5. The Labute approximate surface area is 101 Å². The number of aromatic nitrogens is 4. The van der Waals surface area contributed by atoms with Gasteiger partial charge < -0.3 is 4.90 Å². The summed E-state index contributed by atoms with van der Waals surface area (Å²) >= 11 is 0. The van der Waals surface area contributed by atoms with Crippen molar-refractivity contribution in [3.63, 3.8) is 0 Å². The Morgan fingerprint density at radius 3 is 2.65 bits per heavy atom. The second-order valence-corrected chi connectivity index (χ2v) is 4.30. The van der Waals surface area contributed by atoms with E-state index in [0.717, 1.165) is 17.2 Å². The van der Waals surface area contributed by atoms with Crippen molar-refractivity contribution in [1.29, 1.82) is 0 Å². The van der Waals surface area contributed by atoms with Crippen LogP contribution in [0.1, 0.15) is 19.4 Å². The van der Waals surface area contributed by atoms with Gasteiger partial charge >= 0.3 is 0 Å². The lowest BCUT2D eigenvalue weighted by Crippen LogP contribution is -2.28. The predicted octanol–water partition coefficient (Wildman–Crippen LogP) is 1.82. The molecule has 0 spiro atoms. The molecule has 0 aromatic carbocycles. The molecule has 0 N–H and O–H groups in total. The van der Waals surface area contributed by atoms with Crippen LogP contribution < -0.4 is 4.90 Å². The third kappa shape index (κ3) is 2.13. The van der Waals surface area contributed by atoms with Crippen molar-refractivity contribution < 1.29 is 0 Å². The molecule has 0 amide bonds. The molecule has 17 heavy (non-hydrogen) atoms. The molecule has 0 bridgehead atoms. The lowest BCUT2D eigenvalue weighted by atomic mass is 10.2. The van der Waals surface area contributed by atoms with E-state index in [1.54, 1.807) is 17.2 Å². The van der Waals surface area contributed by atoms with Crippen LogP contribution in [0.5, 0.6) is 0 Å². The summed E-state index contributed by atoms with van der Waals surface area (Å²) in [6.45, 7) is 6.29. The maximum atomic E-state index is 4.34. The summed E-state index contributed by atoms with van der Waals surface area (Å²) in [7, 11) is 2.03. The Morgan fingerprint density at radius 2 is 2.06 bits per heavy atom. The molecule has 0 aliphatic heterocycles. The zero-order chi connectivity index (χ0) is 12.4. The minimum absolute atomic E-state index is 0.397. The van der Waals surface area contributed by atoms with E-state index in [-0.39, 0.29) is 0 Å². The van der Waals surface area contributed by atoms with Gasteiger partial charge in [-0.1, -0.05) is 0 Å². The van der Waals surface area contributed by atoms with Crippen LogP contribution in [0.2, 0.25) is 0 Å². The molecule has 2 aromatic heterocycles. The molecule has 2 aromatic rings. The van der Waals surface area contributed by atoms with Crippen molar-refractivity contribution in [2.75, 3.05) is 11.9 Å². The first kappa shape index (κ1) is 11.6. The fraction of sp³-hybridized carbons (Fsp3) is 0.417. The maximum Gasteiger partial charge on any atom is 0.161 e. The number of hydrogen-bond donors (Lipinski definition) is 0. The number of nitrogens with zero attached hydrogens (tertiary/aromatic N) is 5. The first-order valence-corrected chi connectivity index (χ1v) is 5.65. The van der Waals surface area contributed by atoms with E-state index in [2.05, 4.69) is 33.8 Å². The average molecular weight is 231 g/mol. The van der Waals surface area contributed by atoms with Crippen LogP contribution in [0.3, 0.4) is 0 Å². The smallest absolute Gasteiger partial charge is 0.161 e. The standard InChI is InChI=1S/C12H17N5/c1-9(2)16(4)11-10(3)12(14-8-13-11)17-7-5-6-15-17/h5-9H,1-4H3. The van der Waals surface area contributed by atoms with E-state index in [1.807, 2.05) is 26.2 Å². The summed E-state index contributed by atoms with van der Waals surface area (Å²) in [5.41, 5.74) is 1.03. The van der Waals surface area contributed by atoms with Gasteiger partial charge in [0, 0.05) is 31.0 Å². The van der Waals surface area contributed by atoms with E-state index >= 15 is 0 Å². The first-order valence-electron chi connectivity index (χ1n) is 5.65. The number of rotatable bonds is 3. The van der Waals surface area contributed by atoms with E-state index in [0.29, 0.717) is 6.04 Å². The summed E-state index contributed by atoms with van der Waals surface area (Å²) in [4.78, 5) is 10.8. The highest BCUT2D eigenvalue weighted by Crippen LogP contribution is 2.21. The molecular weight excluding hydrogens is 214 g/mol. The Morgan fingerprint density at radius 1 is 1.29 bits per heavy atom. The summed E-state index contributed by atoms with van der Waals surface area (Å²) in [5, 5.41) is 4.20. The second kappa shape index (κ2) is 4.53. The van der Waals surface area contributed by atoms with E-state index in [9.17, 15) is 0 Å². The summed E-state index contributed by atoms with van der Waals surface area (Å²) in [5.74, 6) is 1.77. The zero-order valence-corrected chi connectivity index (χ0v) is 10.6. The van der Waals surface area contributed by atoms with Gasteiger partial charge in [0.25, 0.3) is 0 Å². The molecule has 90 valence electrons. The summed E-state index contributed by atoms with van der Waals surface area (Å²) in [6.07, 6.45) is 5.21. The highest BCUT2D eigenvalue weighted by atomic mass is 15.3. The lowest BCUT2D eigenvalue weighted by molar-refractivity contribution is 0.732. The Bertz CT molecular complexity index is 490. The molecule has 0 saturated carbocycles. The van der Waals surface area contributed by atoms with Gasteiger partial charge in [0.2, 0.25) is 0 Å². The lowest BCUT2D eigenvalue weighted by Gasteiger charge is -2.24. The monoisotopic (exact) mass is 231 g/mol. The van der Waals surface area contributed by atoms with Crippen molar-refractivity contribution in [2.45, 2.75) is 26.8 Å². The average Bonchev–Trinajstić information content (AvgIpc) is 2.81. The molecule has 0 aliphatic rings. The van der Waals surface area contributed by atoms with Crippen molar-refractivity contribution in [2.24, 2.45) is 0 Å². The normalized spacial score (nSPS) is 10.9. The van der Waals surface area contributed by atoms with Crippen LogP contribution in [-0.4, -0.2) is 32.8 Å². The summed E-state index contributed by atoms with van der Waals surface area (Å²) < 4.78 is 1.76. The minimum Gasteiger partial charge on any atom is -0.357 e. The third-order valence-corrected chi connectivity index (χ3v) is 2.86. The van der Waals surface area contributed by atoms with Crippen LogP contribution >= 0.6 is 0 Å². The van der Waals surface area contributed by atoms with Gasteiger partial charge in [0.05, 0.1) is 0 Å². The van der Waals surface area contributed by atoms with Gasteiger partial charge in [-0.05, 0) is 26.8 Å². The molecule has 2 heterocycles. The minimum atomic E-state index is 0.397. The highest BCUT2D eigenvalue weighted by Gasteiger charge is 2.14. The predicted molar refractivity (Wildman–Crippen MR) is 67.4 cm³/mol. The Hall–Kier alpha value is -1.91. The Kier molecular flexibility index (Phi) is 3.08. The van der Waals surface area contributed by atoms with E-state index in [4.69, 9.17) is 0 Å². The quantitative estimate of drug-likeness (QED) is 0.808. The van der Waals surface area contributed by atoms with Crippen molar-refractivity contribution in [1.82, 2.24) is 19.7 Å². The molecule has 0 saturated heterocycles. The van der Waals surface area contributed by atoms with Gasteiger partial charge in [0.1, 0.15) is 12.1 Å². The molecule has 0 radical (unpaired) electrons. The first-order chi connectivity index (χ1) is 8.11. The fourth-order valence-electron chi connectivity index (χ4n) is 1.66. The highest BCUT2D eigenvalue weighted by molar-refractivity contribution is 5.52. The molecule has 5 nitrogen and oxygen atoms in total. The second-order valence-electron chi connectivity index (χ2n) is 4.30. The van der Waals surface area contributed by atoms with Crippen LogP contribution in [0.15, 0.2) is 24.8 Å². The van der Waals surface area contributed by atoms with Crippen molar-refractivity contribution in [3.8, 4) is 5.82 Å². The van der Waals surface area contributed by atoms with Gasteiger partial charge in [-0.15, -0.1) is 0 Å². The maximum absolute atomic E-state index is 4.34. The van der Waals surface area contributed by atoms with Crippen molar-refractivity contribution in [3.05, 3.63) is 30.4 Å². The van der Waals surface area contributed by atoms with Crippen LogP contribution in [-0.2, 0) is 0 Å². The number of hydrogen-bond acceptors (Lipinski definition) is 4. The molecule has 0 atom stereocenters. The van der Waals surface area contributed by atoms with Crippen LogP contribution in [0.4, 0.5) is 5.82 Å². The fourth-order valence-corrected chi connectivity index (χ4v) is 1.66. The van der Waals surface area contributed by atoms with E-state index in [1.165, 1.54) is 0 Å². The molecule has 0 fully saturated rings. The largest absolute Gasteiger partial charge is 0.357 e. The van der Waals surface area contributed by atoms with Gasteiger partial charge in [-0.25, -0.2) is 14.6 Å². The SMILES string of the molecule is Cc1c(N(C)C(C)C)ncnc1-n1cccn1. The van der Waals surface area contributed by atoms with Crippen LogP contribution in [0.25, 0.3) is 5.82 Å². The van der Waals surface area contributed by atoms with Crippen LogP contribution in [0, 0.1) is 6.92 Å². The molecule has 2 rings (SSSR count). The van der Waals surface area contributed by atoms with Crippen molar-refractivity contribution >= 4 is 5.82 Å². The molecule has 0 unspecified atom stereocenters. The zero-order valence-electron chi connectivity index (χ0n) is 10.6. The molecule has 0 aliphatic carbocycles. The molecule has 5 heteroatoms. The van der Waals surface area contributed by atoms with Gasteiger partial charge in [-0.3, -0.25) is 0 Å². The number of anilines is 1.